The predicted octanol–water partition coefficient (Wildman–Crippen LogP) is 1.77. The number of hydrogen-bond acceptors (Lipinski definition) is 2. The van der Waals surface area contributed by atoms with Gasteiger partial charge in [0.15, 0.2) is 0 Å². The quantitative estimate of drug-likeness (QED) is 0.673. The molecule has 0 aromatic heterocycles. The molecule has 1 atom stereocenters. The SMILES string of the molecule is CCN(CC)S(=O)(=O)C1CC=CCC1. The molecule has 1 aliphatic carbocycles. The standard InChI is InChI=1S/C10H19NO2S/c1-3-11(4-2)14(12,13)10-8-6-5-7-9-10/h5-6,10H,3-4,7-9H2,1-2H3. The lowest BCUT2D eigenvalue weighted by Crippen LogP contribution is -2.38. The number of hydrogen-bond donors (Lipinski definition) is 0. The highest BCUT2D eigenvalue weighted by Crippen LogP contribution is 2.21. The molecule has 4 heteroatoms. The van der Waals surface area contributed by atoms with Crippen LogP contribution in [-0.2, 0) is 10.0 Å². The molecule has 0 heterocycles. The molecular formula is C10H19NO2S. The first kappa shape index (κ1) is 11.7. The van der Waals surface area contributed by atoms with Gasteiger partial charge in [-0.25, -0.2) is 12.7 Å². The van der Waals surface area contributed by atoms with Crippen molar-refractivity contribution in [1.82, 2.24) is 4.31 Å². The smallest absolute Gasteiger partial charge is 0.212 e. The van der Waals surface area contributed by atoms with Gasteiger partial charge in [0.05, 0.1) is 5.25 Å². The summed E-state index contributed by atoms with van der Waals surface area (Å²) in [4.78, 5) is 0. The van der Waals surface area contributed by atoms with E-state index in [1.165, 1.54) is 0 Å². The normalized spacial score (nSPS) is 22.9. The fourth-order valence-corrected chi connectivity index (χ4v) is 3.76. The van der Waals surface area contributed by atoms with Crippen LogP contribution in [0.25, 0.3) is 0 Å². The molecule has 3 nitrogen and oxygen atoms in total. The fraction of sp³-hybridized carbons (Fsp3) is 0.800. The molecule has 1 unspecified atom stereocenters. The third kappa shape index (κ3) is 2.36. The van der Waals surface area contributed by atoms with Crippen molar-refractivity contribution < 1.29 is 8.42 Å². The third-order valence-electron chi connectivity index (χ3n) is 2.71. The molecule has 14 heavy (non-hydrogen) atoms. The van der Waals surface area contributed by atoms with Crippen LogP contribution in [0.1, 0.15) is 33.1 Å². The molecule has 82 valence electrons. The van der Waals surface area contributed by atoms with Gasteiger partial charge in [0.1, 0.15) is 0 Å². The summed E-state index contributed by atoms with van der Waals surface area (Å²) >= 11 is 0. The molecule has 0 N–H and O–H groups in total. The van der Waals surface area contributed by atoms with E-state index in [9.17, 15) is 8.42 Å². The minimum Gasteiger partial charge on any atom is -0.212 e. The summed E-state index contributed by atoms with van der Waals surface area (Å²) in [6.07, 6.45) is 6.39. The van der Waals surface area contributed by atoms with Gasteiger partial charge in [-0.05, 0) is 19.3 Å². The number of nitrogens with zero attached hydrogens (tertiary/aromatic N) is 1. The monoisotopic (exact) mass is 217 g/mol. The minimum atomic E-state index is -3.04. The van der Waals surface area contributed by atoms with Crippen molar-refractivity contribution in [3.05, 3.63) is 12.2 Å². The Kier molecular flexibility index (Phi) is 4.13. The zero-order valence-corrected chi connectivity index (χ0v) is 9.76. The van der Waals surface area contributed by atoms with Gasteiger partial charge >= 0.3 is 0 Å². The van der Waals surface area contributed by atoms with E-state index in [4.69, 9.17) is 0 Å². The Morgan fingerprint density at radius 2 is 1.93 bits per heavy atom. The van der Waals surface area contributed by atoms with Crippen LogP contribution in [0.2, 0.25) is 0 Å². The predicted molar refractivity (Wildman–Crippen MR) is 58.6 cm³/mol. The number of sulfonamides is 1. The van der Waals surface area contributed by atoms with E-state index in [-0.39, 0.29) is 5.25 Å². The lowest BCUT2D eigenvalue weighted by Gasteiger charge is -2.26. The second kappa shape index (κ2) is 4.94. The molecule has 1 aliphatic rings. The van der Waals surface area contributed by atoms with Crippen molar-refractivity contribution in [1.29, 1.82) is 0 Å². The summed E-state index contributed by atoms with van der Waals surface area (Å²) < 4.78 is 25.6. The Morgan fingerprint density at radius 3 is 2.36 bits per heavy atom. The summed E-state index contributed by atoms with van der Waals surface area (Å²) in [6, 6.07) is 0. The molecule has 0 saturated heterocycles. The summed E-state index contributed by atoms with van der Waals surface area (Å²) in [5.74, 6) is 0. The summed E-state index contributed by atoms with van der Waals surface area (Å²) in [7, 11) is -3.04. The van der Waals surface area contributed by atoms with Crippen LogP contribution < -0.4 is 0 Å². The molecule has 0 amide bonds. The lowest BCUT2D eigenvalue weighted by molar-refractivity contribution is 0.430. The molecule has 0 bridgehead atoms. The Labute approximate surface area is 86.8 Å². The van der Waals surface area contributed by atoms with Gasteiger partial charge in [-0.3, -0.25) is 0 Å². The van der Waals surface area contributed by atoms with E-state index in [2.05, 4.69) is 6.08 Å². The zero-order chi connectivity index (χ0) is 10.6. The van der Waals surface area contributed by atoms with Crippen LogP contribution >= 0.6 is 0 Å². The van der Waals surface area contributed by atoms with Crippen molar-refractivity contribution in [3.63, 3.8) is 0 Å². The van der Waals surface area contributed by atoms with Crippen LogP contribution in [-0.4, -0.2) is 31.1 Å². The van der Waals surface area contributed by atoms with Crippen molar-refractivity contribution >= 4 is 10.0 Å². The third-order valence-corrected chi connectivity index (χ3v) is 5.21. The van der Waals surface area contributed by atoms with E-state index in [1.807, 2.05) is 19.9 Å². The maximum absolute atomic E-state index is 12.0. The van der Waals surface area contributed by atoms with Crippen LogP contribution in [0.5, 0.6) is 0 Å². The van der Waals surface area contributed by atoms with Crippen LogP contribution in [0, 0.1) is 0 Å². The van der Waals surface area contributed by atoms with E-state index in [0.717, 1.165) is 12.8 Å². The molecule has 0 aromatic carbocycles. The zero-order valence-electron chi connectivity index (χ0n) is 8.94. The average Bonchev–Trinajstić information content (AvgIpc) is 2.20. The second-order valence-corrected chi connectivity index (χ2v) is 5.75. The molecule has 0 saturated carbocycles. The van der Waals surface area contributed by atoms with Crippen molar-refractivity contribution in [3.8, 4) is 0 Å². The van der Waals surface area contributed by atoms with Gasteiger partial charge in [0.2, 0.25) is 10.0 Å². The Morgan fingerprint density at radius 1 is 1.29 bits per heavy atom. The van der Waals surface area contributed by atoms with Crippen LogP contribution in [0.3, 0.4) is 0 Å². The Balaban J connectivity index is 2.77. The van der Waals surface area contributed by atoms with Crippen LogP contribution in [0.15, 0.2) is 12.2 Å². The van der Waals surface area contributed by atoms with E-state index >= 15 is 0 Å². The number of allylic oxidation sites excluding steroid dienone is 2. The second-order valence-electron chi connectivity index (χ2n) is 3.54. The van der Waals surface area contributed by atoms with Gasteiger partial charge in [-0.1, -0.05) is 26.0 Å². The first-order chi connectivity index (χ1) is 6.62. The van der Waals surface area contributed by atoms with Gasteiger partial charge in [-0.2, -0.15) is 0 Å². The Hall–Kier alpha value is -0.350. The maximum Gasteiger partial charge on any atom is 0.217 e. The molecule has 0 aliphatic heterocycles. The minimum absolute atomic E-state index is 0.188. The van der Waals surface area contributed by atoms with Crippen molar-refractivity contribution in [2.45, 2.75) is 38.4 Å². The van der Waals surface area contributed by atoms with E-state index in [1.54, 1.807) is 4.31 Å². The summed E-state index contributed by atoms with van der Waals surface area (Å²) in [6.45, 7) is 4.94. The van der Waals surface area contributed by atoms with Crippen molar-refractivity contribution in [2.75, 3.05) is 13.1 Å². The first-order valence-corrected chi connectivity index (χ1v) is 6.77. The summed E-state index contributed by atoms with van der Waals surface area (Å²) in [5, 5.41) is -0.188. The van der Waals surface area contributed by atoms with Crippen molar-refractivity contribution in [2.24, 2.45) is 0 Å². The summed E-state index contributed by atoms with van der Waals surface area (Å²) in [5.41, 5.74) is 0. The topological polar surface area (TPSA) is 37.4 Å². The first-order valence-electron chi connectivity index (χ1n) is 5.26. The molecule has 0 aromatic rings. The molecule has 0 fully saturated rings. The lowest BCUT2D eigenvalue weighted by atomic mass is 10.1. The molecule has 1 rings (SSSR count). The van der Waals surface area contributed by atoms with Gasteiger partial charge in [0.25, 0.3) is 0 Å². The van der Waals surface area contributed by atoms with Crippen LogP contribution in [0.4, 0.5) is 0 Å². The molecule has 0 spiro atoms. The molecule has 0 radical (unpaired) electrons. The molecular weight excluding hydrogens is 198 g/mol. The highest BCUT2D eigenvalue weighted by Gasteiger charge is 2.29. The van der Waals surface area contributed by atoms with E-state index < -0.39 is 10.0 Å². The maximum atomic E-state index is 12.0. The average molecular weight is 217 g/mol. The largest absolute Gasteiger partial charge is 0.217 e. The fourth-order valence-electron chi connectivity index (χ4n) is 1.83. The highest BCUT2D eigenvalue weighted by molar-refractivity contribution is 7.89. The van der Waals surface area contributed by atoms with Gasteiger partial charge < -0.3 is 0 Å². The highest BCUT2D eigenvalue weighted by atomic mass is 32.2. The van der Waals surface area contributed by atoms with Gasteiger partial charge in [-0.15, -0.1) is 0 Å². The Bertz CT molecular complexity index is 291. The number of rotatable bonds is 4. The van der Waals surface area contributed by atoms with Gasteiger partial charge in [0, 0.05) is 13.1 Å². The van der Waals surface area contributed by atoms with E-state index in [0.29, 0.717) is 19.5 Å².